The number of hydrogen-bond acceptors (Lipinski definition) is 8. The van der Waals surface area contributed by atoms with Gasteiger partial charge in [-0.05, 0) is 38.0 Å². The maximum atomic E-state index is 13.1. The van der Waals surface area contributed by atoms with Crippen molar-refractivity contribution in [1.29, 1.82) is 0 Å². The number of para-hydroxylation sites is 2. The van der Waals surface area contributed by atoms with E-state index in [9.17, 15) is 28.1 Å². The number of ketones is 1. The Hall–Kier alpha value is -3.31. The normalized spacial score (nSPS) is 15.1. The smallest absolute Gasteiger partial charge is 0.309 e. The molecule has 1 N–H and O–H groups in total. The number of carbonyl (C=O) groups is 2. The molecule has 2 aromatic carbocycles. The molecule has 1 aliphatic rings. The molecule has 11 heteroatoms. The van der Waals surface area contributed by atoms with Gasteiger partial charge in [0.1, 0.15) is 5.69 Å². The Morgan fingerprint density at radius 2 is 1.85 bits per heavy atom. The summed E-state index contributed by atoms with van der Waals surface area (Å²) in [5.74, 6) is -1.04. The number of benzene rings is 2. The highest BCUT2D eigenvalue weighted by Crippen LogP contribution is 2.26. The molecule has 0 saturated carbocycles. The highest BCUT2D eigenvalue weighted by atomic mass is 32.2. The van der Waals surface area contributed by atoms with E-state index in [1.165, 1.54) is 46.8 Å². The van der Waals surface area contributed by atoms with Crippen LogP contribution in [0.3, 0.4) is 0 Å². The van der Waals surface area contributed by atoms with Crippen LogP contribution in [0.2, 0.25) is 0 Å². The van der Waals surface area contributed by atoms with Gasteiger partial charge in [-0.15, -0.1) is 0 Å². The number of esters is 1. The first-order valence-corrected chi connectivity index (χ1v) is 12.0. The van der Waals surface area contributed by atoms with E-state index in [2.05, 4.69) is 5.32 Å². The predicted molar refractivity (Wildman–Crippen MR) is 120 cm³/mol. The number of anilines is 1. The molecule has 10 nitrogen and oxygen atoms in total. The molecule has 0 amide bonds. The predicted octanol–water partition coefficient (Wildman–Crippen LogP) is 2.85. The Bertz CT molecular complexity index is 1140. The second kappa shape index (κ2) is 10.5. The molecule has 0 aromatic heterocycles. The number of sulfonamides is 1. The van der Waals surface area contributed by atoms with Gasteiger partial charge in [0.2, 0.25) is 10.0 Å². The Labute approximate surface area is 191 Å². The topological polar surface area (TPSA) is 136 Å². The van der Waals surface area contributed by atoms with Crippen molar-refractivity contribution >= 4 is 33.2 Å². The molecule has 1 fully saturated rings. The van der Waals surface area contributed by atoms with Crippen LogP contribution >= 0.6 is 0 Å². The highest BCUT2D eigenvalue weighted by Gasteiger charge is 2.33. The molecule has 0 aliphatic carbocycles. The van der Waals surface area contributed by atoms with Gasteiger partial charge in [-0.1, -0.05) is 24.3 Å². The number of nitro groups is 1. The van der Waals surface area contributed by atoms with Crippen molar-refractivity contribution in [2.24, 2.45) is 5.92 Å². The van der Waals surface area contributed by atoms with Crippen LogP contribution in [0.4, 0.5) is 11.4 Å². The molecule has 3 rings (SSSR count). The van der Waals surface area contributed by atoms with Gasteiger partial charge in [0.05, 0.1) is 28.9 Å². The number of Topliss-reactive ketones (excluding diaryl/α,β-unsaturated/α-hetero) is 1. The number of rotatable bonds is 9. The Morgan fingerprint density at radius 3 is 2.52 bits per heavy atom. The molecular weight excluding hydrogens is 450 g/mol. The van der Waals surface area contributed by atoms with Gasteiger partial charge in [-0.25, -0.2) is 8.42 Å². The van der Waals surface area contributed by atoms with Crippen molar-refractivity contribution in [2.45, 2.75) is 24.7 Å². The van der Waals surface area contributed by atoms with Crippen LogP contribution in [0, 0.1) is 16.0 Å². The second-order valence-corrected chi connectivity index (χ2v) is 9.45. The molecule has 0 spiro atoms. The van der Waals surface area contributed by atoms with Crippen LogP contribution in [-0.4, -0.2) is 55.6 Å². The van der Waals surface area contributed by atoms with Gasteiger partial charge in [0.15, 0.2) is 5.78 Å². The van der Waals surface area contributed by atoms with E-state index in [1.54, 1.807) is 13.0 Å². The Morgan fingerprint density at radius 1 is 1.15 bits per heavy atom. The monoisotopic (exact) mass is 475 g/mol. The van der Waals surface area contributed by atoms with E-state index in [1.807, 2.05) is 0 Å². The number of piperidine rings is 1. The quantitative estimate of drug-likeness (QED) is 0.253. The van der Waals surface area contributed by atoms with Crippen LogP contribution in [0.1, 0.15) is 30.1 Å². The van der Waals surface area contributed by atoms with Crippen LogP contribution in [0.15, 0.2) is 53.4 Å². The van der Waals surface area contributed by atoms with Crippen LogP contribution in [0.25, 0.3) is 0 Å². The van der Waals surface area contributed by atoms with Gasteiger partial charge in [0, 0.05) is 24.7 Å². The Kier molecular flexibility index (Phi) is 7.77. The maximum Gasteiger partial charge on any atom is 0.309 e. The number of nitro benzene ring substituents is 1. The van der Waals surface area contributed by atoms with Crippen molar-refractivity contribution < 1.29 is 27.7 Å². The summed E-state index contributed by atoms with van der Waals surface area (Å²) in [4.78, 5) is 35.1. The number of carbonyl (C=O) groups excluding carboxylic acids is 2. The average Bonchev–Trinajstić information content (AvgIpc) is 2.83. The molecule has 0 radical (unpaired) electrons. The molecule has 0 unspecified atom stereocenters. The molecule has 1 saturated heterocycles. The molecule has 176 valence electrons. The molecule has 2 aromatic rings. The van der Waals surface area contributed by atoms with Crippen molar-refractivity contribution in [3.05, 3.63) is 64.2 Å². The van der Waals surface area contributed by atoms with Gasteiger partial charge in [-0.3, -0.25) is 19.7 Å². The maximum absolute atomic E-state index is 13.1. The summed E-state index contributed by atoms with van der Waals surface area (Å²) in [6, 6.07) is 11.6. The number of hydrogen-bond donors (Lipinski definition) is 1. The number of nitrogens with one attached hydrogen (secondary N) is 1. The van der Waals surface area contributed by atoms with E-state index < -0.39 is 20.7 Å². The lowest BCUT2D eigenvalue weighted by Gasteiger charge is -2.30. The highest BCUT2D eigenvalue weighted by molar-refractivity contribution is 7.89. The first kappa shape index (κ1) is 24.3. The first-order valence-electron chi connectivity index (χ1n) is 10.5. The molecule has 33 heavy (non-hydrogen) atoms. The lowest BCUT2D eigenvalue weighted by atomic mass is 9.98. The van der Waals surface area contributed by atoms with Crippen molar-refractivity contribution in [3.63, 3.8) is 0 Å². The summed E-state index contributed by atoms with van der Waals surface area (Å²) in [6.45, 7) is 2.14. The fourth-order valence-corrected chi connectivity index (χ4v) is 5.15. The van der Waals surface area contributed by atoms with Crippen molar-refractivity contribution in [3.8, 4) is 0 Å². The third-order valence-corrected chi connectivity index (χ3v) is 7.30. The minimum Gasteiger partial charge on any atom is -0.466 e. The standard InChI is InChI=1S/C22H25N3O7S/c1-2-32-22(27)16-10-12-24(13-11-16)33(30,31)18-7-5-6-17(14-18)21(26)15-23-19-8-3-4-9-20(19)25(28)29/h3-9,14,16,23H,2,10-13,15H2,1H3. The summed E-state index contributed by atoms with van der Waals surface area (Å²) in [6.07, 6.45) is 0.743. The third-order valence-electron chi connectivity index (χ3n) is 5.41. The number of nitrogens with zero attached hydrogens (tertiary/aromatic N) is 2. The van der Waals surface area contributed by atoms with Crippen LogP contribution < -0.4 is 5.32 Å². The summed E-state index contributed by atoms with van der Waals surface area (Å²) in [5, 5.41) is 13.9. The second-order valence-electron chi connectivity index (χ2n) is 7.51. The summed E-state index contributed by atoms with van der Waals surface area (Å²) in [5.41, 5.74) is 0.209. The van der Waals surface area contributed by atoms with E-state index >= 15 is 0 Å². The van der Waals surface area contributed by atoms with E-state index in [-0.39, 0.29) is 60.0 Å². The van der Waals surface area contributed by atoms with E-state index in [4.69, 9.17) is 4.74 Å². The molecule has 1 heterocycles. The fraction of sp³-hybridized carbons (Fsp3) is 0.364. The summed E-state index contributed by atoms with van der Waals surface area (Å²) >= 11 is 0. The average molecular weight is 476 g/mol. The van der Waals surface area contributed by atoms with Crippen LogP contribution in [0.5, 0.6) is 0 Å². The molecule has 0 bridgehead atoms. The van der Waals surface area contributed by atoms with Gasteiger partial charge < -0.3 is 10.1 Å². The SMILES string of the molecule is CCOC(=O)C1CCN(S(=O)(=O)c2cccc(C(=O)CNc3ccccc3[N+](=O)[O-])c2)CC1. The van der Waals surface area contributed by atoms with Gasteiger partial charge >= 0.3 is 5.97 Å². The molecule has 1 aliphatic heterocycles. The lowest BCUT2D eigenvalue weighted by Crippen LogP contribution is -2.40. The van der Waals surface area contributed by atoms with E-state index in [0.717, 1.165) is 0 Å². The van der Waals surface area contributed by atoms with Gasteiger partial charge in [-0.2, -0.15) is 4.31 Å². The van der Waals surface area contributed by atoms with Gasteiger partial charge in [0.25, 0.3) is 5.69 Å². The third kappa shape index (κ3) is 5.74. The zero-order valence-corrected chi connectivity index (χ0v) is 18.9. The fourth-order valence-electron chi connectivity index (χ4n) is 3.63. The summed E-state index contributed by atoms with van der Waals surface area (Å²) < 4.78 is 32.5. The lowest BCUT2D eigenvalue weighted by molar-refractivity contribution is -0.383. The largest absolute Gasteiger partial charge is 0.466 e. The van der Waals surface area contributed by atoms with Crippen molar-refractivity contribution in [2.75, 3.05) is 31.6 Å². The zero-order valence-electron chi connectivity index (χ0n) is 18.1. The minimum atomic E-state index is -3.85. The Balaban J connectivity index is 1.68. The van der Waals surface area contributed by atoms with Crippen molar-refractivity contribution in [1.82, 2.24) is 4.31 Å². The first-order chi connectivity index (χ1) is 15.7. The molecular formula is C22H25N3O7S. The van der Waals surface area contributed by atoms with E-state index in [0.29, 0.717) is 12.8 Å². The van der Waals surface area contributed by atoms with Crippen LogP contribution in [-0.2, 0) is 19.6 Å². The zero-order chi connectivity index (χ0) is 24.0. The summed E-state index contributed by atoms with van der Waals surface area (Å²) in [7, 11) is -3.85. The molecule has 0 atom stereocenters. The number of ether oxygens (including phenoxy) is 1. The minimum absolute atomic E-state index is 0.0198.